The minimum Gasteiger partial charge on any atom is -0.267 e. The van der Waals surface area contributed by atoms with E-state index < -0.39 is 27.4 Å². The molecule has 1 saturated heterocycles. The molecule has 0 radical (unpaired) electrons. The van der Waals surface area contributed by atoms with Crippen molar-refractivity contribution in [3.05, 3.63) is 70.1 Å². The summed E-state index contributed by atoms with van der Waals surface area (Å²) in [5.74, 6) is -0.934. The number of aromatic nitrogens is 2. The third-order valence-corrected chi connectivity index (χ3v) is 7.60. The van der Waals surface area contributed by atoms with E-state index in [2.05, 4.69) is 21.0 Å². The number of sulfonamides is 1. The quantitative estimate of drug-likeness (QED) is 0.482. The summed E-state index contributed by atoms with van der Waals surface area (Å²) >= 11 is 0. The molecule has 11 heteroatoms. The standard InChI is InChI=1S/C23H25N5O5S/c1-14-10-15(2)13-28(12-14)34(32,33)17-7-5-6-16(11-17)21(29)25-27-23(31)20-18-8-3-4-9-19(18)22(30)26-24-20/h3-9,11,14-15H,10,12-13H2,1-2H3,(H,25,29)(H,26,30)(H,27,31). The number of benzene rings is 2. The molecule has 4 rings (SSSR count). The molecule has 0 spiro atoms. The number of rotatable bonds is 4. The van der Waals surface area contributed by atoms with Crippen molar-refractivity contribution in [2.75, 3.05) is 13.1 Å². The van der Waals surface area contributed by atoms with Crippen LogP contribution in [0.3, 0.4) is 0 Å². The van der Waals surface area contributed by atoms with Gasteiger partial charge in [-0.1, -0.05) is 38.1 Å². The minimum atomic E-state index is -3.76. The van der Waals surface area contributed by atoms with Crippen molar-refractivity contribution in [3.63, 3.8) is 0 Å². The smallest absolute Gasteiger partial charge is 0.267 e. The number of nitrogens with one attached hydrogen (secondary N) is 3. The molecule has 1 aromatic heterocycles. The summed E-state index contributed by atoms with van der Waals surface area (Å²) in [6.45, 7) is 4.90. The van der Waals surface area contributed by atoms with E-state index in [1.807, 2.05) is 13.8 Å². The van der Waals surface area contributed by atoms with Crippen LogP contribution in [0, 0.1) is 11.8 Å². The van der Waals surface area contributed by atoms with Crippen LogP contribution in [0.2, 0.25) is 0 Å². The molecule has 3 aromatic rings. The van der Waals surface area contributed by atoms with Gasteiger partial charge in [-0.15, -0.1) is 0 Å². The summed E-state index contributed by atoms with van der Waals surface area (Å²) in [5.41, 5.74) is 4.09. The highest BCUT2D eigenvalue weighted by atomic mass is 32.2. The van der Waals surface area contributed by atoms with Crippen LogP contribution >= 0.6 is 0 Å². The maximum atomic E-state index is 13.1. The second-order valence-electron chi connectivity index (χ2n) is 8.65. The fraction of sp³-hybridized carbons (Fsp3) is 0.304. The van der Waals surface area contributed by atoms with Crippen LogP contribution in [0.1, 0.15) is 41.1 Å². The highest BCUT2D eigenvalue weighted by Crippen LogP contribution is 2.27. The Morgan fingerprint density at radius 3 is 2.32 bits per heavy atom. The Hall–Kier alpha value is -3.57. The van der Waals surface area contributed by atoms with Gasteiger partial charge in [-0.3, -0.25) is 25.2 Å². The number of carbonyl (C=O) groups is 2. The summed E-state index contributed by atoms with van der Waals surface area (Å²) in [6, 6.07) is 12.1. The zero-order valence-electron chi connectivity index (χ0n) is 18.7. The van der Waals surface area contributed by atoms with Crippen molar-refractivity contribution in [2.24, 2.45) is 11.8 Å². The van der Waals surface area contributed by atoms with Gasteiger partial charge in [0.1, 0.15) is 0 Å². The lowest BCUT2D eigenvalue weighted by atomic mass is 9.94. The lowest BCUT2D eigenvalue weighted by Gasteiger charge is -2.34. The van der Waals surface area contributed by atoms with Gasteiger partial charge in [0.05, 0.1) is 10.3 Å². The predicted octanol–water partition coefficient (Wildman–Crippen LogP) is 1.66. The van der Waals surface area contributed by atoms with Crippen molar-refractivity contribution in [2.45, 2.75) is 25.2 Å². The molecular weight excluding hydrogens is 458 g/mol. The van der Waals surface area contributed by atoms with Crippen molar-refractivity contribution in [3.8, 4) is 0 Å². The summed E-state index contributed by atoms with van der Waals surface area (Å²) in [5, 5.41) is 6.65. The van der Waals surface area contributed by atoms with Gasteiger partial charge in [-0.25, -0.2) is 13.5 Å². The molecule has 2 amide bonds. The molecule has 178 valence electrons. The third kappa shape index (κ3) is 4.70. The van der Waals surface area contributed by atoms with E-state index in [0.29, 0.717) is 18.5 Å². The van der Waals surface area contributed by atoms with Gasteiger partial charge in [0.15, 0.2) is 5.69 Å². The number of hydrogen-bond acceptors (Lipinski definition) is 6. The van der Waals surface area contributed by atoms with Crippen LogP contribution in [0.5, 0.6) is 0 Å². The average Bonchev–Trinajstić information content (AvgIpc) is 2.82. The molecule has 10 nitrogen and oxygen atoms in total. The van der Waals surface area contributed by atoms with E-state index in [4.69, 9.17) is 0 Å². The number of nitrogens with zero attached hydrogens (tertiary/aromatic N) is 2. The molecule has 1 aliphatic heterocycles. The van der Waals surface area contributed by atoms with Crippen LogP contribution in [-0.4, -0.2) is 47.8 Å². The lowest BCUT2D eigenvalue weighted by Crippen LogP contribution is -2.43. The van der Waals surface area contributed by atoms with Gasteiger partial charge in [0, 0.05) is 24.0 Å². The first-order chi connectivity index (χ1) is 16.2. The monoisotopic (exact) mass is 483 g/mol. The van der Waals surface area contributed by atoms with Gasteiger partial charge in [-0.2, -0.15) is 9.40 Å². The fourth-order valence-corrected chi connectivity index (χ4v) is 6.01. The highest BCUT2D eigenvalue weighted by Gasteiger charge is 2.32. The number of hydrazine groups is 1. The first kappa shape index (κ1) is 23.6. The molecule has 2 unspecified atom stereocenters. The maximum Gasteiger partial charge on any atom is 0.290 e. The molecule has 0 aliphatic carbocycles. The van der Waals surface area contributed by atoms with Gasteiger partial charge in [-0.05, 0) is 42.5 Å². The molecule has 0 saturated carbocycles. The first-order valence-electron chi connectivity index (χ1n) is 10.8. The van der Waals surface area contributed by atoms with E-state index in [0.717, 1.165) is 6.42 Å². The SMILES string of the molecule is CC1CC(C)CN(S(=O)(=O)c2cccc(C(=O)NNC(=O)c3n[nH]c(=O)c4ccccc34)c2)C1. The zero-order chi connectivity index (χ0) is 24.5. The fourth-order valence-electron chi connectivity index (χ4n) is 4.28. The number of H-pyrrole nitrogens is 1. The van der Waals surface area contributed by atoms with Crippen molar-refractivity contribution >= 4 is 32.6 Å². The van der Waals surface area contributed by atoms with Gasteiger partial charge >= 0.3 is 0 Å². The summed E-state index contributed by atoms with van der Waals surface area (Å²) < 4.78 is 27.7. The number of amides is 2. The van der Waals surface area contributed by atoms with Gasteiger partial charge in [0.25, 0.3) is 17.4 Å². The lowest BCUT2D eigenvalue weighted by molar-refractivity contribution is 0.0844. The van der Waals surface area contributed by atoms with Gasteiger partial charge < -0.3 is 0 Å². The molecule has 34 heavy (non-hydrogen) atoms. The normalized spacial score (nSPS) is 19.0. The van der Waals surface area contributed by atoms with E-state index in [1.54, 1.807) is 24.3 Å². The summed E-state index contributed by atoms with van der Waals surface area (Å²) in [4.78, 5) is 37.1. The van der Waals surface area contributed by atoms with Gasteiger partial charge in [0.2, 0.25) is 10.0 Å². The predicted molar refractivity (Wildman–Crippen MR) is 125 cm³/mol. The zero-order valence-corrected chi connectivity index (χ0v) is 19.6. The topological polar surface area (TPSA) is 141 Å². The number of piperidine rings is 1. The average molecular weight is 484 g/mol. The Bertz CT molecular complexity index is 1410. The Labute approximate surface area is 196 Å². The maximum absolute atomic E-state index is 13.1. The Morgan fingerprint density at radius 1 is 0.971 bits per heavy atom. The van der Waals surface area contributed by atoms with E-state index in [-0.39, 0.29) is 33.4 Å². The first-order valence-corrected chi connectivity index (χ1v) is 12.3. The molecule has 0 bridgehead atoms. The van der Waals surface area contributed by atoms with Crippen molar-refractivity contribution in [1.29, 1.82) is 0 Å². The third-order valence-electron chi connectivity index (χ3n) is 5.77. The molecule has 2 heterocycles. The summed E-state index contributed by atoms with van der Waals surface area (Å²) in [7, 11) is -3.76. The van der Waals surface area contributed by atoms with Crippen LogP contribution in [-0.2, 0) is 10.0 Å². The molecule has 1 fully saturated rings. The van der Waals surface area contributed by atoms with Crippen LogP contribution in [0.25, 0.3) is 10.8 Å². The second kappa shape index (κ2) is 9.35. The van der Waals surface area contributed by atoms with Crippen LogP contribution in [0.4, 0.5) is 0 Å². The van der Waals surface area contributed by atoms with E-state index in [1.165, 1.54) is 28.6 Å². The summed E-state index contributed by atoms with van der Waals surface area (Å²) in [6.07, 6.45) is 0.966. The number of carbonyl (C=O) groups excluding carboxylic acids is 2. The molecule has 2 atom stereocenters. The minimum absolute atomic E-state index is 0.0149. The van der Waals surface area contributed by atoms with Crippen LogP contribution < -0.4 is 16.4 Å². The largest absolute Gasteiger partial charge is 0.290 e. The Kier molecular flexibility index (Phi) is 6.49. The van der Waals surface area contributed by atoms with E-state index in [9.17, 15) is 22.8 Å². The second-order valence-corrected chi connectivity index (χ2v) is 10.6. The molecule has 3 N–H and O–H groups in total. The van der Waals surface area contributed by atoms with Crippen molar-refractivity contribution in [1.82, 2.24) is 25.4 Å². The molecular formula is C23H25N5O5S. The van der Waals surface area contributed by atoms with Crippen LogP contribution in [0.15, 0.2) is 58.2 Å². The number of hydrogen-bond donors (Lipinski definition) is 3. The highest BCUT2D eigenvalue weighted by molar-refractivity contribution is 7.89. The Morgan fingerprint density at radius 2 is 1.62 bits per heavy atom. The Balaban J connectivity index is 1.50. The van der Waals surface area contributed by atoms with Crippen molar-refractivity contribution < 1.29 is 18.0 Å². The number of aromatic amines is 1. The van der Waals surface area contributed by atoms with E-state index >= 15 is 0 Å². The number of fused-ring (bicyclic) bond motifs is 1. The molecule has 1 aliphatic rings. The molecule has 2 aromatic carbocycles.